The van der Waals surface area contributed by atoms with Crippen LogP contribution in [0, 0.1) is 6.92 Å². The molecule has 3 amide bonds. The molecule has 3 heterocycles. The third-order valence-corrected chi connectivity index (χ3v) is 5.95. The molecule has 2 atom stereocenters. The molecular weight excluding hydrogens is 358 g/mol. The summed E-state index contributed by atoms with van der Waals surface area (Å²) >= 11 is 7.69. The molecule has 2 aromatic rings. The molecule has 2 aliphatic heterocycles. The van der Waals surface area contributed by atoms with Crippen molar-refractivity contribution in [3.63, 3.8) is 0 Å². The van der Waals surface area contributed by atoms with E-state index in [9.17, 15) is 9.59 Å². The number of benzene rings is 1. The summed E-state index contributed by atoms with van der Waals surface area (Å²) < 4.78 is 0. The quantitative estimate of drug-likeness (QED) is 0.875. The summed E-state index contributed by atoms with van der Waals surface area (Å²) in [6.07, 6.45) is 5.07. The minimum absolute atomic E-state index is 0.242. The number of anilines is 1. The van der Waals surface area contributed by atoms with Crippen LogP contribution in [0.25, 0.3) is 4.91 Å². The van der Waals surface area contributed by atoms with E-state index in [0.29, 0.717) is 10.7 Å². The molecule has 1 aromatic heterocycles. The Labute approximate surface area is 154 Å². The summed E-state index contributed by atoms with van der Waals surface area (Å²) in [5, 5.41) is 3.11. The fourth-order valence-corrected chi connectivity index (χ4v) is 4.58. The average molecular weight is 372 g/mol. The van der Waals surface area contributed by atoms with Crippen molar-refractivity contribution in [2.75, 3.05) is 4.90 Å². The number of halogens is 1. The summed E-state index contributed by atoms with van der Waals surface area (Å²) in [6.45, 7) is 1.85. The van der Waals surface area contributed by atoms with Gasteiger partial charge in [-0.1, -0.05) is 29.8 Å². The predicted molar refractivity (Wildman–Crippen MR) is 99.6 cm³/mol. The van der Waals surface area contributed by atoms with Gasteiger partial charge in [0, 0.05) is 21.7 Å². The maximum atomic E-state index is 13.0. The molecule has 0 radical (unpaired) electrons. The van der Waals surface area contributed by atoms with Crippen LogP contribution in [0.2, 0.25) is 5.02 Å². The zero-order valence-corrected chi connectivity index (χ0v) is 14.8. The molecule has 1 aromatic carbocycles. The number of nitrogens with zero attached hydrogens (tertiary/aromatic N) is 2. The highest BCUT2D eigenvalue weighted by Gasteiger charge is 2.45. The van der Waals surface area contributed by atoms with Crippen molar-refractivity contribution < 1.29 is 9.59 Å². The van der Waals surface area contributed by atoms with Crippen molar-refractivity contribution in [1.29, 1.82) is 0 Å². The Balaban J connectivity index is 1.66. The van der Waals surface area contributed by atoms with Gasteiger partial charge in [-0.25, -0.2) is 9.69 Å². The van der Waals surface area contributed by atoms with Gasteiger partial charge in [0.2, 0.25) is 0 Å². The topological polar surface area (TPSA) is 62.3 Å². The summed E-state index contributed by atoms with van der Waals surface area (Å²) in [5.41, 5.74) is 2.20. The first-order valence-corrected chi connectivity index (χ1v) is 9.00. The lowest BCUT2D eigenvalue weighted by atomic mass is 10.1. The number of aromatic nitrogens is 1. The van der Waals surface area contributed by atoms with Crippen molar-refractivity contribution >= 4 is 45.9 Å². The lowest BCUT2D eigenvalue weighted by molar-refractivity contribution is -0.118. The lowest BCUT2D eigenvalue weighted by Crippen LogP contribution is -2.60. The second kappa shape index (κ2) is 6.20. The van der Waals surface area contributed by atoms with Crippen LogP contribution in [0.3, 0.4) is 0 Å². The highest BCUT2D eigenvalue weighted by atomic mass is 35.5. The molecule has 5 nitrogen and oxygen atoms in total. The predicted octanol–water partition coefficient (Wildman–Crippen LogP) is 3.62. The molecule has 126 valence electrons. The SMILES string of the molecule is Cc1ccncc1N1C(=O)NC2C=C(c3ccccc3Cl)SC2C1=O. The van der Waals surface area contributed by atoms with Crippen LogP contribution in [0.1, 0.15) is 11.1 Å². The molecule has 0 bridgehead atoms. The molecule has 1 saturated heterocycles. The minimum Gasteiger partial charge on any atom is -0.329 e. The molecule has 2 unspecified atom stereocenters. The van der Waals surface area contributed by atoms with Gasteiger partial charge in [0.25, 0.3) is 5.91 Å². The van der Waals surface area contributed by atoms with E-state index >= 15 is 0 Å². The van der Waals surface area contributed by atoms with Crippen LogP contribution < -0.4 is 10.2 Å². The number of urea groups is 1. The number of fused-ring (bicyclic) bond motifs is 1. The number of carbonyl (C=O) groups excluding carboxylic acids is 2. The average Bonchev–Trinajstić information content (AvgIpc) is 3.01. The van der Waals surface area contributed by atoms with E-state index in [1.807, 2.05) is 37.3 Å². The summed E-state index contributed by atoms with van der Waals surface area (Å²) in [6, 6.07) is 8.48. The summed E-state index contributed by atoms with van der Waals surface area (Å²) in [7, 11) is 0. The fourth-order valence-electron chi connectivity index (χ4n) is 2.99. The number of aryl methyl sites for hydroxylation is 1. The molecule has 2 aliphatic rings. The van der Waals surface area contributed by atoms with Crippen molar-refractivity contribution in [3.8, 4) is 0 Å². The Morgan fingerprint density at radius 2 is 2.04 bits per heavy atom. The Hall–Kier alpha value is -2.31. The first kappa shape index (κ1) is 16.2. The first-order chi connectivity index (χ1) is 12.1. The number of rotatable bonds is 2. The largest absolute Gasteiger partial charge is 0.329 e. The highest BCUT2D eigenvalue weighted by Crippen LogP contribution is 2.44. The zero-order valence-electron chi connectivity index (χ0n) is 13.3. The lowest BCUT2D eigenvalue weighted by Gasteiger charge is -2.33. The maximum absolute atomic E-state index is 13.0. The van der Waals surface area contributed by atoms with E-state index in [1.54, 1.807) is 12.3 Å². The molecular formula is C18H14ClN3O2S. The number of thioether (sulfide) groups is 1. The van der Waals surface area contributed by atoms with Gasteiger partial charge in [-0.05, 0) is 30.7 Å². The van der Waals surface area contributed by atoms with Crippen molar-refractivity contribution in [3.05, 3.63) is 65.0 Å². The van der Waals surface area contributed by atoms with Gasteiger partial charge in [0.15, 0.2) is 0 Å². The van der Waals surface area contributed by atoms with E-state index in [0.717, 1.165) is 16.0 Å². The summed E-state index contributed by atoms with van der Waals surface area (Å²) in [4.78, 5) is 31.6. The van der Waals surface area contributed by atoms with Gasteiger partial charge < -0.3 is 5.32 Å². The Bertz CT molecular complexity index is 915. The van der Waals surface area contributed by atoms with Crippen molar-refractivity contribution in [2.45, 2.75) is 18.2 Å². The Morgan fingerprint density at radius 1 is 1.24 bits per heavy atom. The number of amides is 3. The molecule has 0 saturated carbocycles. The van der Waals surface area contributed by atoms with Crippen molar-refractivity contribution in [2.24, 2.45) is 0 Å². The molecule has 1 fully saturated rings. The number of hydrogen-bond donors (Lipinski definition) is 1. The molecule has 7 heteroatoms. The first-order valence-electron chi connectivity index (χ1n) is 7.75. The van der Waals surface area contributed by atoms with E-state index in [2.05, 4.69) is 10.3 Å². The van der Waals surface area contributed by atoms with Crippen LogP contribution >= 0.6 is 23.4 Å². The van der Waals surface area contributed by atoms with Crippen LogP contribution in [0.15, 0.2) is 48.8 Å². The number of imide groups is 1. The second-order valence-electron chi connectivity index (χ2n) is 5.86. The third-order valence-electron chi connectivity index (χ3n) is 4.26. The number of pyridine rings is 1. The fraction of sp³-hybridized carbons (Fsp3) is 0.167. The molecule has 1 N–H and O–H groups in total. The molecule has 0 spiro atoms. The minimum atomic E-state index is -0.431. The van der Waals surface area contributed by atoms with Gasteiger partial charge in [-0.15, -0.1) is 11.8 Å². The number of carbonyl (C=O) groups is 2. The standard InChI is InChI=1S/C18H14ClN3O2S/c1-10-6-7-20-9-14(10)22-17(23)16-13(21-18(22)24)8-15(25-16)11-4-2-3-5-12(11)19/h2-9,13,16H,1H3,(H,21,24). The smallest absolute Gasteiger partial charge is 0.329 e. The van der Waals surface area contributed by atoms with Gasteiger partial charge in [0.1, 0.15) is 5.25 Å². The van der Waals surface area contributed by atoms with Gasteiger partial charge in [-0.2, -0.15) is 0 Å². The monoisotopic (exact) mass is 371 g/mol. The van der Waals surface area contributed by atoms with Crippen LogP contribution in [0.5, 0.6) is 0 Å². The number of nitrogens with one attached hydrogen (secondary N) is 1. The number of hydrogen-bond acceptors (Lipinski definition) is 4. The third kappa shape index (κ3) is 2.71. The molecule has 4 rings (SSSR count). The molecule has 25 heavy (non-hydrogen) atoms. The van der Waals surface area contributed by atoms with Gasteiger partial charge in [-0.3, -0.25) is 9.78 Å². The van der Waals surface area contributed by atoms with Crippen LogP contribution in [-0.4, -0.2) is 28.2 Å². The Kier molecular flexibility index (Phi) is 4.01. The van der Waals surface area contributed by atoms with E-state index in [-0.39, 0.29) is 11.9 Å². The second-order valence-corrected chi connectivity index (χ2v) is 7.45. The van der Waals surface area contributed by atoms with Gasteiger partial charge >= 0.3 is 6.03 Å². The van der Waals surface area contributed by atoms with E-state index in [1.165, 1.54) is 22.9 Å². The van der Waals surface area contributed by atoms with E-state index in [4.69, 9.17) is 11.6 Å². The highest BCUT2D eigenvalue weighted by molar-refractivity contribution is 8.09. The molecule has 0 aliphatic carbocycles. The zero-order chi connectivity index (χ0) is 17.6. The van der Waals surface area contributed by atoms with Crippen LogP contribution in [-0.2, 0) is 4.79 Å². The van der Waals surface area contributed by atoms with Gasteiger partial charge in [0.05, 0.1) is 17.9 Å². The van der Waals surface area contributed by atoms with Crippen LogP contribution in [0.4, 0.5) is 10.5 Å². The Morgan fingerprint density at radius 3 is 2.80 bits per heavy atom. The normalized spacial score (nSPS) is 22.5. The summed E-state index contributed by atoms with van der Waals surface area (Å²) in [5.74, 6) is -0.242. The van der Waals surface area contributed by atoms with Crippen molar-refractivity contribution in [1.82, 2.24) is 10.3 Å². The maximum Gasteiger partial charge on any atom is 0.329 e. The van der Waals surface area contributed by atoms with E-state index < -0.39 is 11.3 Å².